The minimum absolute atomic E-state index is 0.415. The van der Waals surface area contributed by atoms with E-state index in [9.17, 15) is 22.8 Å². The summed E-state index contributed by atoms with van der Waals surface area (Å²) in [5, 5.41) is 7.75. The van der Waals surface area contributed by atoms with E-state index in [1.54, 1.807) is 0 Å². The smallest absolute Gasteiger partial charge is 0.417 e. The second kappa shape index (κ2) is 4.13. The van der Waals surface area contributed by atoms with Gasteiger partial charge in [0.05, 0.1) is 10.6 Å². The van der Waals surface area contributed by atoms with Crippen molar-refractivity contribution in [2.45, 2.75) is 6.18 Å². The first-order valence-corrected chi connectivity index (χ1v) is 4.25. The molecule has 0 atom stereocenters. The molecule has 0 aliphatic carbocycles. The zero-order chi connectivity index (χ0) is 12.5. The van der Waals surface area contributed by atoms with Gasteiger partial charge in [-0.3, -0.25) is 4.79 Å². The first-order valence-electron chi connectivity index (χ1n) is 3.88. The van der Waals surface area contributed by atoms with E-state index in [1.165, 1.54) is 0 Å². The topological polar surface area (TPSA) is 54.4 Å². The zero-order valence-electron chi connectivity index (χ0n) is 7.51. The minimum atomic E-state index is -4.73. The summed E-state index contributed by atoms with van der Waals surface area (Å²) in [6.07, 6.45) is -4.73. The Labute approximate surface area is 92.4 Å². The van der Waals surface area contributed by atoms with Gasteiger partial charge in [0.2, 0.25) is 0 Å². The Balaban J connectivity index is 3.28. The van der Waals surface area contributed by atoms with Crippen molar-refractivity contribution in [3.63, 3.8) is 0 Å². The van der Waals surface area contributed by atoms with Gasteiger partial charge in [-0.15, -0.1) is 0 Å². The molecule has 1 N–H and O–H groups in total. The van der Waals surface area contributed by atoms with Crippen LogP contribution in [0.25, 0.3) is 0 Å². The normalized spacial score (nSPS) is 11.2. The maximum Gasteiger partial charge on any atom is 0.417 e. The SMILES string of the molecule is O=C(O)C(=O)c1ccc(Cl)c(C(F)(F)F)c1. The Morgan fingerprint density at radius 1 is 1.25 bits per heavy atom. The lowest BCUT2D eigenvalue weighted by Gasteiger charge is -2.09. The first-order chi connectivity index (χ1) is 7.23. The summed E-state index contributed by atoms with van der Waals surface area (Å²) in [5.74, 6) is -3.24. The Morgan fingerprint density at radius 3 is 2.25 bits per heavy atom. The predicted molar refractivity (Wildman–Crippen MR) is 48.4 cm³/mol. The third-order valence-electron chi connectivity index (χ3n) is 1.73. The molecule has 1 rings (SSSR count). The molecule has 0 aromatic heterocycles. The molecule has 0 aliphatic rings. The summed E-state index contributed by atoms with van der Waals surface area (Å²) < 4.78 is 37.1. The van der Waals surface area contributed by atoms with E-state index >= 15 is 0 Å². The molecule has 0 fully saturated rings. The molecule has 0 saturated heterocycles. The molecular weight excluding hydrogens is 249 g/mol. The van der Waals surface area contributed by atoms with Gasteiger partial charge in [0, 0.05) is 5.56 Å². The van der Waals surface area contributed by atoms with E-state index in [-0.39, 0.29) is 0 Å². The van der Waals surface area contributed by atoms with Gasteiger partial charge in [-0.25, -0.2) is 4.79 Å². The van der Waals surface area contributed by atoms with Crippen LogP contribution in [0.3, 0.4) is 0 Å². The van der Waals surface area contributed by atoms with Crippen LogP contribution in [-0.4, -0.2) is 16.9 Å². The van der Waals surface area contributed by atoms with Crippen molar-refractivity contribution in [3.05, 3.63) is 34.3 Å². The van der Waals surface area contributed by atoms with E-state index in [0.29, 0.717) is 6.07 Å². The van der Waals surface area contributed by atoms with E-state index < -0.39 is 34.1 Å². The fourth-order valence-corrected chi connectivity index (χ4v) is 1.23. The van der Waals surface area contributed by atoms with Gasteiger partial charge in [-0.2, -0.15) is 13.2 Å². The molecule has 0 amide bonds. The molecule has 0 bridgehead atoms. The Kier molecular flexibility index (Phi) is 3.23. The summed E-state index contributed by atoms with van der Waals surface area (Å²) in [6.45, 7) is 0. The number of hydrogen-bond acceptors (Lipinski definition) is 2. The summed E-state index contributed by atoms with van der Waals surface area (Å²) in [6, 6.07) is 2.17. The maximum absolute atomic E-state index is 12.4. The lowest BCUT2D eigenvalue weighted by atomic mass is 10.1. The van der Waals surface area contributed by atoms with Gasteiger partial charge in [-0.05, 0) is 18.2 Å². The summed E-state index contributed by atoms with van der Waals surface area (Å²) in [7, 11) is 0. The van der Waals surface area contributed by atoms with Crippen molar-refractivity contribution in [1.29, 1.82) is 0 Å². The minimum Gasteiger partial charge on any atom is -0.475 e. The molecule has 0 unspecified atom stereocenters. The van der Waals surface area contributed by atoms with Gasteiger partial charge >= 0.3 is 12.1 Å². The van der Waals surface area contributed by atoms with E-state index in [2.05, 4.69) is 0 Å². The summed E-state index contributed by atoms with van der Waals surface area (Å²) in [4.78, 5) is 21.2. The summed E-state index contributed by atoms with van der Waals surface area (Å²) >= 11 is 5.29. The second-order valence-electron chi connectivity index (χ2n) is 2.83. The maximum atomic E-state index is 12.4. The Hall–Kier alpha value is -1.56. The van der Waals surface area contributed by atoms with Gasteiger partial charge in [0.25, 0.3) is 5.78 Å². The molecule has 0 aliphatic heterocycles. The fraction of sp³-hybridized carbons (Fsp3) is 0.111. The standard InChI is InChI=1S/C9H4ClF3O3/c10-6-2-1-4(7(14)8(15)16)3-5(6)9(11,12)13/h1-3H,(H,15,16). The van der Waals surface area contributed by atoms with Crippen LogP contribution < -0.4 is 0 Å². The molecule has 7 heteroatoms. The van der Waals surface area contributed by atoms with Crippen LogP contribution in [0.1, 0.15) is 15.9 Å². The highest BCUT2D eigenvalue weighted by Crippen LogP contribution is 2.35. The molecule has 1 aromatic rings. The van der Waals surface area contributed by atoms with Crippen LogP contribution >= 0.6 is 11.6 Å². The zero-order valence-corrected chi connectivity index (χ0v) is 8.26. The fourth-order valence-electron chi connectivity index (χ4n) is 1.01. The number of rotatable bonds is 2. The molecule has 3 nitrogen and oxygen atoms in total. The van der Waals surface area contributed by atoms with Crippen molar-refractivity contribution in [1.82, 2.24) is 0 Å². The highest BCUT2D eigenvalue weighted by Gasteiger charge is 2.34. The highest BCUT2D eigenvalue weighted by molar-refractivity contribution is 6.40. The number of ketones is 1. The number of halogens is 4. The number of hydrogen-bond donors (Lipinski definition) is 1. The van der Waals surface area contributed by atoms with E-state index in [0.717, 1.165) is 12.1 Å². The lowest BCUT2D eigenvalue weighted by molar-refractivity contribution is -0.137. The van der Waals surface area contributed by atoms with Crippen LogP contribution in [0.5, 0.6) is 0 Å². The van der Waals surface area contributed by atoms with E-state index in [1.807, 2.05) is 0 Å². The predicted octanol–water partition coefficient (Wildman–Crippen LogP) is 2.63. The van der Waals surface area contributed by atoms with Gasteiger partial charge in [0.1, 0.15) is 0 Å². The van der Waals surface area contributed by atoms with Crippen molar-refractivity contribution in [3.8, 4) is 0 Å². The average molecular weight is 253 g/mol. The number of carboxylic acid groups (broad SMARTS) is 1. The van der Waals surface area contributed by atoms with Crippen LogP contribution in [0.15, 0.2) is 18.2 Å². The second-order valence-corrected chi connectivity index (χ2v) is 3.23. The van der Waals surface area contributed by atoms with Crippen molar-refractivity contribution in [2.75, 3.05) is 0 Å². The van der Waals surface area contributed by atoms with Crippen LogP contribution in [-0.2, 0) is 11.0 Å². The molecule has 86 valence electrons. The number of alkyl halides is 3. The van der Waals surface area contributed by atoms with Crippen molar-refractivity contribution in [2.24, 2.45) is 0 Å². The Bertz CT molecular complexity index is 454. The molecule has 0 radical (unpaired) electrons. The van der Waals surface area contributed by atoms with Crippen molar-refractivity contribution < 1.29 is 27.9 Å². The van der Waals surface area contributed by atoms with Gasteiger partial charge in [0.15, 0.2) is 0 Å². The number of Topliss-reactive ketones (excluding diaryl/α,β-unsaturated/α-hetero) is 1. The van der Waals surface area contributed by atoms with E-state index in [4.69, 9.17) is 16.7 Å². The third kappa shape index (κ3) is 2.52. The number of aliphatic carboxylic acids is 1. The van der Waals surface area contributed by atoms with Crippen LogP contribution in [0.4, 0.5) is 13.2 Å². The number of carbonyl (C=O) groups is 2. The highest BCUT2D eigenvalue weighted by atomic mass is 35.5. The quantitative estimate of drug-likeness (QED) is 0.650. The molecule has 16 heavy (non-hydrogen) atoms. The first kappa shape index (κ1) is 12.5. The van der Waals surface area contributed by atoms with Crippen LogP contribution in [0, 0.1) is 0 Å². The molecule has 0 spiro atoms. The largest absolute Gasteiger partial charge is 0.475 e. The number of benzene rings is 1. The monoisotopic (exact) mass is 252 g/mol. The average Bonchev–Trinajstić information content (AvgIpc) is 2.15. The number of carbonyl (C=O) groups excluding carboxylic acids is 1. The van der Waals surface area contributed by atoms with Gasteiger partial charge in [-0.1, -0.05) is 11.6 Å². The molecule has 0 saturated carbocycles. The number of carboxylic acids is 1. The summed E-state index contributed by atoms with van der Waals surface area (Å²) in [5.41, 5.74) is -1.80. The molecule has 0 heterocycles. The lowest BCUT2D eigenvalue weighted by Crippen LogP contribution is -2.14. The molecule has 1 aromatic carbocycles. The van der Waals surface area contributed by atoms with Gasteiger partial charge < -0.3 is 5.11 Å². The third-order valence-corrected chi connectivity index (χ3v) is 2.06. The van der Waals surface area contributed by atoms with Crippen LogP contribution in [0.2, 0.25) is 5.02 Å². The Morgan fingerprint density at radius 2 is 1.81 bits per heavy atom. The molecular formula is C9H4ClF3O3. The van der Waals surface area contributed by atoms with Crippen molar-refractivity contribution >= 4 is 23.4 Å².